The van der Waals surface area contributed by atoms with Gasteiger partial charge in [-0.3, -0.25) is 4.79 Å². The van der Waals surface area contributed by atoms with Crippen LogP contribution < -0.4 is 0 Å². The summed E-state index contributed by atoms with van der Waals surface area (Å²) in [4.78, 5) is 16.3. The van der Waals surface area contributed by atoms with E-state index in [4.69, 9.17) is 11.6 Å². The van der Waals surface area contributed by atoms with Gasteiger partial charge in [-0.05, 0) is 55.5 Å². The van der Waals surface area contributed by atoms with Gasteiger partial charge in [0.05, 0.1) is 10.5 Å². The normalized spacial score (nSPS) is 18.3. The van der Waals surface area contributed by atoms with Crippen LogP contribution in [-0.2, 0) is 22.9 Å². The summed E-state index contributed by atoms with van der Waals surface area (Å²) >= 11 is 7.53. The number of hydrogen-bond acceptors (Lipinski definition) is 4. The van der Waals surface area contributed by atoms with Crippen molar-refractivity contribution in [1.29, 1.82) is 0 Å². The summed E-state index contributed by atoms with van der Waals surface area (Å²) < 4.78 is 27.0. The zero-order valence-electron chi connectivity index (χ0n) is 14.9. The van der Waals surface area contributed by atoms with Crippen molar-refractivity contribution in [3.05, 3.63) is 50.7 Å². The van der Waals surface area contributed by atoms with Crippen molar-refractivity contribution in [3.63, 3.8) is 0 Å². The minimum absolute atomic E-state index is 0.0398. The summed E-state index contributed by atoms with van der Waals surface area (Å²) in [6.45, 7) is 1.44. The van der Waals surface area contributed by atoms with Gasteiger partial charge >= 0.3 is 0 Å². The van der Waals surface area contributed by atoms with Crippen LogP contribution >= 0.6 is 22.9 Å². The molecule has 1 aromatic heterocycles. The molecule has 1 aliphatic heterocycles. The van der Waals surface area contributed by atoms with Crippen LogP contribution in [0.5, 0.6) is 0 Å². The lowest BCUT2D eigenvalue weighted by Crippen LogP contribution is -2.50. The monoisotopic (exact) mass is 424 g/mol. The van der Waals surface area contributed by atoms with E-state index in [9.17, 15) is 13.2 Å². The van der Waals surface area contributed by atoms with Crippen molar-refractivity contribution in [2.45, 2.75) is 30.6 Å². The van der Waals surface area contributed by atoms with Crippen LogP contribution in [0.2, 0.25) is 5.02 Å². The Kier molecular flexibility index (Phi) is 5.29. The number of amides is 1. The van der Waals surface area contributed by atoms with Crippen LogP contribution in [0, 0.1) is 0 Å². The Hall–Kier alpha value is -1.41. The van der Waals surface area contributed by atoms with Crippen molar-refractivity contribution >= 4 is 38.9 Å². The van der Waals surface area contributed by atoms with Gasteiger partial charge in [0.25, 0.3) is 5.91 Å². The fraction of sp³-hybridized carbons (Fsp3) is 0.421. The molecule has 8 heteroatoms. The fourth-order valence-corrected chi connectivity index (χ4v) is 6.40. The van der Waals surface area contributed by atoms with Gasteiger partial charge in [-0.25, -0.2) is 8.42 Å². The first-order chi connectivity index (χ1) is 13.0. The van der Waals surface area contributed by atoms with E-state index >= 15 is 0 Å². The molecule has 27 heavy (non-hydrogen) atoms. The third kappa shape index (κ3) is 3.66. The summed E-state index contributed by atoms with van der Waals surface area (Å²) in [5, 5.41) is 2.48. The molecule has 2 aromatic rings. The standard InChI is InChI=1S/C19H21ClN2O3S2/c20-14-5-7-15(8-6-14)27(24,25)22-11-9-21(10-12-22)19(23)17-13-26-18-4-2-1-3-16(17)18/h5-8,13H,1-4,9-12H2. The van der Waals surface area contributed by atoms with Gasteiger partial charge in [-0.1, -0.05) is 11.6 Å². The summed E-state index contributed by atoms with van der Waals surface area (Å²) in [5.74, 6) is 0.0398. The first-order valence-corrected chi connectivity index (χ1v) is 11.8. The van der Waals surface area contributed by atoms with Gasteiger partial charge in [0.15, 0.2) is 0 Å². The number of sulfonamides is 1. The third-order valence-electron chi connectivity index (χ3n) is 5.27. The second kappa shape index (κ2) is 7.54. The van der Waals surface area contributed by atoms with E-state index in [0.29, 0.717) is 31.2 Å². The SMILES string of the molecule is O=C(c1csc2c1CCCC2)N1CCN(S(=O)(=O)c2ccc(Cl)cc2)CC1. The highest BCUT2D eigenvalue weighted by atomic mass is 35.5. The zero-order chi connectivity index (χ0) is 19.0. The number of carbonyl (C=O) groups excluding carboxylic acids is 1. The predicted octanol–water partition coefficient (Wildman–Crippen LogP) is 3.43. The molecule has 1 aliphatic carbocycles. The first-order valence-electron chi connectivity index (χ1n) is 9.11. The van der Waals surface area contributed by atoms with Gasteiger partial charge in [-0.2, -0.15) is 4.31 Å². The predicted molar refractivity (Wildman–Crippen MR) is 107 cm³/mol. The number of carbonyl (C=O) groups is 1. The lowest BCUT2D eigenvalue weighted by Gasteiger charge is -2.34. The molecular weight excluding hydrogens is 404 g/mol. The molecule has 0 bridgehead atoms. The van der Waals surface area contributed by atoms with E-state index in [-0.39, 0.29) is 10.8 Å². The number of hydrogen-bond donors (Lipinski definition) is 0. The Bertz CT molecular complexity index is 946. The maximum atomic E-state index is 12.9. The molecule has 0 N–H and O–H groups in total. The molecule has 0 radical (unpaired) electrons. The second-order valence-corrected chi connectivity index (χ2v) is 10.2. The Morgan fingerprint density at radius 1 is 1.00 bits per heavy atom. The fourth-order valence-electron chi connectivity index (χ4n) is 3.73. The molecule has 1 amide bonds. The summed E-state index contributed by atoms with van der Waals surface area (Å²) in [6, 6.07) is 6.20. The highest BCUT2D eigenvalue weighted by molar-refractivity contribution is 7.89. The highest BCUT2D eigenvalue weighted by Gasteiger charge is 2.31. The molecule has 4 rings (SSSR count). The largest absolute Gasteiger partial charge is 0.336 e. The average Bonchev–Trinajstić information content (AvgIpc) is 3.12. The van der Waals surface area contributed by atoms with Gasteiger partial charge in [-0.15, -0.1) is 11.3 Å². The molecule has 2 aliphatic rings. The van der Waals surface area contributed by atoms with Crippen LogP contribution in [0.25, 0.3) is 0 Å². The zero-order valence-corrected chi connectivity index (χ0v) is 17.2. The van der Waals surface area contributed by atoms with Crippen LogP contribution in [0.4, 0.5) is 0 Å². The number of aryl methyl sites for hydroxylation is 1. The highest BCUT2D eigenvalue weighted by Crippen LogP contribution is 2.31. The van der Waals surface area contributed by atoms with Crippen LogP contribution in [0.3, 0.4) is 0 Å². The number of thiophene rings is 1. The Morgan fingerprint density at radius 3 is 2.37 bits per heavy atom. The second-order valence-electron chi connectivity index (χ2n) is 6.91. The maximum Gasteiger partial charge on any atom is 0.255 e. The number of fused-ring (bicyclic) bond motifs is 1. The molecule has 144 valence electrons. The number of benzene rings is 1. The molecule has 0 unspecified atom stereocenters. The van der Waals surface area contributed by atoms with E-state index in [1.54, 1.807) is 28.4 Å². The Balaban J connectivity index is 1.45. The van der Waals surface area contributed by atoms with Crippen LogP contribution in [0.15, 0.2) is 34.5 Å². The first kappa shape index (κ1) is 18.9. The number of nitrogens with zero attached hydrogens (tertiary/aromatic N) is 2. The Morgan fingerprint density at radius 2 is 1.67 bits per heavy atom. The molecule has 5 nitrogen and oxygen atoms in total. The lowest BCUT2D eigenvalue weighted by atomic mass is 9.95. The average molecular weight is 425 g/mol. The summed E-state index contributed by atoms with van der Waals surface area (Å²) in [6.07, 6.45) is 4.38. The van der Waals surface area contributed by atoms with E-state index in [0.717, 1.165) is 24.8 Å². The molecule has 0 saturated carbocycles. The summed E-state index contributed by atoms with van der Waals surface area (Å²) in [7, 11) is -3.56. The molecule has 0 atom stereocenters. The number of piperazine rings is 1. The number of rotatable bonds is 3. The third-order valence-corrected chi connectivity index (χ3v) is 8.52. The maximum absolute atomic E-state index is 12.9. The van der Waals surface area contributed by atoms with Crippen LogP contribution in [-0.4, -0.2) is 49.7 Å². The van der Waals surface area contributed by atoms with E-state index in [1.165, 1.54) is 33.3 Å². The van der Waals surface area contributed by atoms with Gasteiger partial charge in [0.2, 0.25) is 10.0 Å². The molecular formula is C19H21ClN2O3S2. The summed E-state index contributed by atoms with van der Waals surface area (Å²) in [5.41, 5.74) is 2.04. The van der Waals surface area contributed by atoms with Gasteiger partial charge in [0, 0.05) is 41.5 Å². The van der Waals surface area contributed by atoms with Gasteiger partial charge < -0.3 is 4.90 Å². The topological polar surface area (TPSA) is 57.7 Å². The smallest absolute Gasteiger partial charge is 0.255 e. The number of halogens is 1. The molecule has 1 aromatic carbocycles. The molecule has 0 spiro atoms. The van der Waals surface area contributed by atoms with Crippen molar-refractivity contribution in [2.75, 3.05) is 26.2 Å². The van der Waals surface area contributed by atoms with Crippen molar-refractivity contribution in [2.24, 2.45) is 0 Å². The van der Waals surface area contributed by atoms with Crippen molar-refractivity contribution in [1.82, 2.24) is 9.21 Å². The molecule has 2 heterocycles. The quantitative estimate of drug-likeness (QED) is 0.758. The molecule has 1 saturated heterocycles. The Labute approximate surface area is 168 Å². The minimum Gasteiger partial charge on any atom is -0.336 e. The van der Waals surface area contributed by atoms with E-state index in [2.05, 4.69) is 0 Å². The van der Waals surface area contributed by atoms with Crippen LogP contribution in [0.1, 0.15) is 33.6 Å². The minimum atomic E-state index is -3.56. The molecule has 1 fully saturated rings. The van der Waals surface area contributed by atoms with Crippen molar-refractivity contribution in [3.8, 4) is 0 Å². The van der Waals surface area contributed by atoms with Gasteiger partial charge in [0.1, 0.15) is 0 Å². The van der Waals surface area contributed by atoms with E-state index < -0.39 is 10.0 Å². The van der Waals surface area contributed by atoms with E-state index in [1.807, 2.05) is 5.38 Å². The van der Waals surface area contributed by atoms with Crippen molar-refractivity contribution < 1.29 is 13.2 Å². The lowest BCUT2D eigenvalue weighted by molar-refractivity contribution is 0.0697.